The van der Waals surface area contributed by atoms with Crippen LogP contribution in [0.2, 0.25) is 0 Å². The molecule has 0 bridgehead atoms. The van der Waals surface area contributed by atoms with E-state index in [0.717, 1.165) is 27.4 Å². The molecule has 3 aromatic heterocycles. The number of imidazole rings is 1. The number of hydrogen-bond donors (Lipinski definition) is 1. The Kier molecular flexibility index (Phi) is 3.64. The molecule has 3 heterocycles. The van der Waals surface area contributed by atoms with Gasteiger partial charge in [-0.3, -0.25) is 0 Å². The summed E-state index contributed by atoms with van der Waals surface area (Å²) in [6.45, 7) is 1.81. The van der Waals surface area contributed by atoms with Gasteiger partial charge < -0.3 is 9.67 Å². The lowest BCUT2D eigenvalue weighted by atomic mass is 10.2. The molecule has 0 radical (unpaired) electrons. The van der Waals surface area contributed by atoms with E-state index in [-0.39, 0.29) is 0 Å². The van der Waals surface area contributed by atoms with Crippen LogP contribution < -0.4 is 0 Å². The molecule has 0 saturated carbocycles. The highest BCUT2D eigenvalue weighted by molar-refractivity contribution is 7.98. The maximum atomic E-state index is 11.2. The van der Waals surface area contributed by atoms with Gasteiger partial charge in [0.2, 0.25) is 0 Å². The SMILES string of the molecule is Cc1c(C(=O)O)sc2ncnc(SCc3cncn3C)c12. The van der Waals surface area contributed by atoms with Crippen molar-refractivity contribution in [3.8, 4) is 0 Å². The molecule has 1 N–H and O–H groups in total. The van der Waals surface area contributed by atoms with Gasteiger partial charge in [0.15, 0.2) is 0 Å². The number of carboxylic acid groups (broad SMARTS) is 1. The Bertz CT molecular complexity index is 825. The normalized spacial score (nSPS) is 11.1. The van der Waals surface area contributed by atoms with Gasteiger partial charge in [0.25, 0.3) is 0 Å². The van der Waals surface area contributed by atoms with E-state index in [1.165, 1.54) is 17.7 Å². The van der Waals surface area contributed by atoms with Crippen LogP contribution in [0.5, 0.6) is 0 Å². The molecule has 6 nitrogen and oxygen atoms in total. The molecule has 8 heteroatoms. The van der Waals surface area contributed by atoms with E-state index in [1.54, 1.807) is 25.0 Å². The second-order valence-corrected chi connectivity index (χ2v) is 6.47. The highest BCUT2D eigenvalue weighted by atomic mass is 32.2. The minimum atomic E-state index is -0.918. The van der Waals surface area contributed by atoms with Crippen LogP contribution in [0.15, 0.2) is 23.9 Å². The number of fused-ring (bicyclic) bond motifs is 1. The van der Waals surface area contributed by atoms with Gasteiger partial charge in [-0.25, -0.2) is 19.7 Å². The van der Waals surface area contributed by atoms with Crippen LogP contribution in [0, 0.1) is 6.92 Å². The molecule has 3 rings (SSSR count). The number of rotatable bonds is 4. The molecule has 0 saturated heterocycles. The van der Waals surface area contributed by atoms with Gasteiger partial charge in [0, 0.05) is 30.1 Å². The highest BCUT2D eigenvalue weighted by Crippen LogP contribution is 2.35. The molecule has 0 fully saturated rings. The summed E-state index contributed by atoms with van der Waals surface area (Å²) in [5.41, 5.74) is 1.81. The Balaban J connectivity index is 1.99. The van der Waals surface area contributed by atoms with Crippen molar-refractivity contribution in [1.29, 1.82) is 0 Å². The van der Waals surface area contributed by atoms with E-state index in [4.69, 9.17) is 0 Å². The molecular formula is C13H12N4O2S2. The number of hydrogen-bond acceptors (Lipinski definition) is 6. The molecule has 21 heavy (non-hydrogen) atoms. The molecule has 0 unspecified atom stereocenters. The predicted octanol–water partition coefficient (Wildman–Crippen LogP) is 2.72. The van der Waals surface area contributed by atoms with Crippen molar-refractivity contribution in [1.82, 2.24) is 19.5 Å². The van der Waals surface area contributed by atoms with Crippen molar-refractivity contribution in [2.24, 2.45) is 7.05 Å². The van der Waals surface area contributed by atoms with Crippen LogP contribution in [-0.2, 0) is 12.8 Å². The van der Waals surface area contributed by atoms with E-state index in [9.17, 15) is 9.90 Å². The van der Waals surface area contributed by atoms with Gasteiger partial charge in [0.05, 0.1) is 6.33 Å². The third-order valence-electron chi connectivity index (χ3n) is 3.16. The Morgan fingerprint density at radius 2 is 2.29 bits per heavy atom. The summed E-state index contributed by atoms with van der Waals surface area (Å²) in [7, 11) is 1.94. The lowest BCUT2D eigenvalue weighted by molar-refractivity contribution is 0.0701. The number of nitrogens with zero attached hydrogens (tertiary/aromatic N) is 4. The maximum Gasteiger partial charge on any atom is 0.346 e. The minimum absolute atomic E-state index is 0.327. The van der Waals surface area contributed by atoms with Gasteiger partial charge in [-0.2, -0.15) is 0 Å². The van der Waals surface area contributed by atoms with E-state index in [1.807, 2.05) is 17.8 Å². The maximum absolute atomic E-state index is 11.2. The average molecular weight is 320 g/mol. The predicted molar refractivity (Wildman–Crippen MR) is 81.9 cm³/mol. The monoisotopic (exact) mass is 320 g/mol. The van der Waals surface area contributed by atoms with Crippen LogP contribution in [-0.4, -0.2) is 30.6 Å². The van der Waals surface area contributed by atoms with Crippen molar-refractivity contribution in [2.45, 2.75) is 17.7 Å². The summed E-state index contributed by atoms with van der Waals surface area (Å²) < 4.78 is 1.95. The lowest BCUT2D eigenvalue weighted by Gasteiger charge is -2.04. The Labute approximate surface area is 128 Å². The zero-order valence-electron chi connectivity index (χ0n) is 11.4. The molecule has 3 aromatic rings. The first-order chi connectivity index (χ1) is 10.1. The minimum Gasteiger partial charge on any atom is -0.477 e. The van der Waals surface area contributed by atoms with Crippen molar-refractivity contribution >= 4 is 39.3 Å². The summed E-state index contributed by atoms with van der Waals surface area (Å²) in [4.78, 5) is 24.8. The number of aromatic nitrogens is 4. The summed E-state index contributed by atoms with van der Waals surface area (Å²) in [6.07, 6.45) is 5.05. The van der Waals surface area contributed by atoms with Crippen LogP contribution >= 0.6 is 23.1 Å². The number of thiophene rings is 1. The smallest absolute Gasteiger partial charge is 0.346 e. The van der Waals surface area contributed by atoms with Crippen LogP contribution in [0.4, 0.5) is 0 Å². The van der Waals surface area contributed by atoms with Crippen molar-refractivity contribution in [2.75, 3.05) is 0 Å². The summed E-state index contributed by atoms with van der Waals surface area (Å²) in [5, 5.41) is 10.9. The largest absolute Gasteiger partial charge is 0.477 e. The Hall–Kier alpha value is -1.93. The first-order valence-electron chi connectivity index (χ1n) is 6.13. The van der Waals surface area contributed by atoms with Crippen molar-refractivity contribution in [3.05, 3.63) is 35.0 Å². The fourth-order valence-electron chi connectivity index (χ4n) is 2.02. The van der Waals surface area contributed by atoms with Gasteiger partial charge in [-0.1, -0.05) is 11.8 Å². The second-order valence-electron chi connectivity index (χ2n) is 4.50. The van der Waals surface area contributed by atoms with Crippen LogP contribution in [0.25, 0.3) is 10.2 Å². The van der Waals surface area contributed by atoms with Gasteiger partial charge in [0.1, 0.15) is 21.1 Å². The van der Waals surface area contributed by atoms with Gasteiger partial charge in [-0.15, -0.1) is 11.3 Å². The molecule has 0 spiro atoms. The van der Waals surface area contributed by atoms with E-state index in [0.29, 0.717) is 9.71 Å². The number of thioether (sulfide) groups is 1. The van der Waals surface area contributed by atoms with E-state index >= 15 is 0 Å². The number of aromatic carboxylic acids is 1. The highest BCUT2D eigenvalue weighted by Gasteiger charge is 2.18. The fraction of sp³-hybridized carbons (Fsp3) is 0.231. The Morgan fingerprint density at radius 3 is 2.95 bits per heavy atom. The lowest BCUT2D eigenvalue weighted by Crippen LogP contribution is -1.95. The molecule has 0 aliphatic rings. The van der Waals surface area contributed by atoms with E-state index in [2.05, 4.69) is 15.0 Å². The molecule has 0 aromatic carbocycles. The molecule has 0 atom stereocenters. The quantitative estimate of drug-likeness (QED) is 0.588. The zero-order valence-corrected chi connectivity index (χ0v) is 13.0. The summed E-state index contributed by atoms with van der Waals surface area (Å²) >= 11 is 2.75. The number of aryl methyl sites for hydroxylation is 2. The van der Waals surface area contributed by atoms with Crippen LogP contribution in [0.3, 0.4) is 0 Å². The third kappa shape index (κ3) is 2.52. The summed E-state index contributed by atoms with van der Waals surface area (Å²) in [5.74, 6) is -0.196. The average Bonchev–Trinajstić information content (AvgIpc) is 3.01. The number of carboxylic acids is 1. The number of carbonyl (C=O) groups is 1. The Morgan fingerprint density at radius 1 is 1.48 bits per heavy atom. The molecule has 0 aliphatic carbocycles. The van der Waals surface area contributed by atoms with Crippen LogP contribution in [0.1, 0.15) is 20.9 Å². The first-order valence-corrected chi connectivity index (χ1v) is 7.93. The summed E-state index contributed by atoms with van der Waals surface area (Å²) in [6, 6.07) is 0. The standard InChI is InChI=1S/C13H12N4O2S2/c1-7-9-11(20-4-8-3-14-6-17(8)2)15-5-16-12(9)21-10(7)13(18)19/h3,5-6H,4H2,1-2H3,(H,18,19). The molecule has 0 aliphatic heterocycles. The fourth-order valence-corrected chi connectivity index (χ4v) is 4.15. The second kappa shape index (κ2) is 5.45. The van der Waals surface area contributed by atoms with Gasteiger partial charge >= 0.3 is 5.97 Å². The third-order valence-corrected chi connectivity index (χ3v) is 5.37. The van der Waals surface area contributed by atoms with Crippen molar-refractivity contribution in [3.63, 3.8) is 0 Å². The molecular weight excluding hydrogens is 308 g/mol. The van der Waals surface area contributed by atoms with Gasteiger partial charge in [-0.05, 0) is 12.5 Å². The zero-order chi connectivity index (χ0) is 15.0. The topological polar surface area (TPSA) is 80.9 Å². The molecule has 108 valence electrons. The van der Waals surface area contributed by atoms with E-state index < -0.39 is 5.97 Å². The van der Waals surface area contributed by atoms with Crippen molar-refractivity contribution < 1.29 is 9.90 Å². The first kappa shape index (κ1) is 14.0. The molecule has 0 amide bonds.